The van der Waals surface area contributed by atoms with E-state index in [0.717, 1.165) is 12.1 Å². The Morgan fingerprint density at radius 2 is 0.643 bits per heavy atom. The summed E-state index contributed by atoms with van der Waals surface area (Å²) in [5.74, 6) is 0. The molecule has 0 saturated heterocycles. The zero-order chi connectivity index (χ0) is 20.8. The Hall–Kier alpha value is -4.20. The van der Waals surface area contributed by atoms with Crippen LogP contribution in [0.15, 0.2) is 12.1 Å². The Morgan fingerprint density at radius 1 is 0.357 bits per heavy atom. The van der Waals surface area contributed by atoms with Crippen LogP contribution >= 0.6 is 0 Å². The average Bonchev–Trinajstić information content (AvgIpc) is 2.75. The molecular formula is C20H10O8. The van der Waals surface area contributed by atoms with Crippen molar-refractivity contribution in [2.24, 2.45) is 0 Å². The highest BCUT2D eigenvalue weighted by Gasteiger charge is 2.23. The summed E-state index contributed by atoms with van der Waals surface area (Å²) in [6.07, 6.45) is 1.89. The SMILES string of the molecule is O=Cc1cc(-c2cc(C=O)c(C=O)c(C=O)c2C=O)c(C=O)c(C=O)c1C=O. The average molecular weight is 378 g/mol. The fourth-order valence-corrected chi connectivity index (χ4v) is 2.92. The van der Waals surface area contributed by atoms with Crippen LogP contribution in [0.2, 0.25) is 0 Å². The summed E-state index contributed by atoms with van der Waals surface area (Å²) < 4.78 is 0. The van der Waals surface area contributed by atoms with E-state index in [0.29, 0.717) is 0 Å². The number of carbonyl (C=O) groups excluding carboxylic acids is 8. The highest BCUT2D eigenvalue weighted by molar-refractivity contribution is 6.12. The Labute approximate surface area is 157 Å². The largest absolute Gasteiger partial charge is 0.298 e. The maximum Gasteiger partial charge on any atom is 0.151 e. The lowest BCUT2D eigenvalue weighted by molar-refractivity contribution is 0.107. The van der Waals surface area contributed by atoms with Gasteiger partial charge in [0.15, 0.2) is 50.3 Å². The lowest BCUT2D eigenvalue weighted by atomic mass is 9.85. The van der Waals surface area contributed by atoms with Crippen molar-refractivity contribution in [3.8, 4) is 11.1 Å². The maximum atomic E-state index is 11.6. The minimum atomic E-state index is -0.388. The Morgan fingerprint density at radius 3 is 0.857 bits per heavy atom. The van der Waals surface area contributed by atoms with Gasteiger partial charge in [-0.2, -0.15) is 0 Å². The van der Waals surface area contributed by atoms with Crippen LogP contribution in [0.25, 0.3) is 11.1 Å². The molecule has 0 bridgehead atoms. The zero-order valence-electron chi connectivity index (χ0n) is 14.0. The smallest absolute Gasteiger partial charge is 0.151 e. The van der Waals surface area contributed by atoms with Crippen LogP contribution in [-0.4, -0.2) is 50.3 Å². The molecular weight excluding hydrogens is 368 g/mol. The van der Waals surface area contributed by atoms with Crippen molar-refractivity contribution in [3.63, 3.8) is 0 Å². The van der Waals surface area contributed by atoms with Crippen molar-refractivity contribution in [2.45, 2.75) is 0 Å². The van der Waals surface area contributed by atoms with Crippen LogP contribution in [0.4, 0.5) is 0 Å². The van der Waals surface area contributed by atoms with Gasteiger partial charge in [0, 0.05) is 44.5 Å². The molecule has 0 unspecified atom stereocenters. The van der Waals surface area contributed by atoms with Crippen LogP contribution in [0.1, 0.15) is 82.9 Å². The highest BCUT2D eigenvalue weighted by Crippen LogP contribution is 2.33. The van der Waals surface area contributed by atoms with Crippen molar-refractivity contribution in [1.82, 2.24) is 0 Å². The van der Waals surface area contributed by atoms with Gasteiger partial charge in [0.25, 0.3) is 0 Å². The van der Waals surface area contributed by atoms with Gasteiger partial charge in [0.05, 0.1) is 0 Å². The predicted octanol–water partition coefficient (Wildman–Crippen LogP) is 1.85. The van der Waals surface area contributed by atoms with Gasteiger partial charge in [0.2, 0.25) is 0 Å². The third kappa shape index (κ3) is 3.03. The number of hydrogen-bond acceptors (Lipinski definition) is 8. The molecule has 0 radical (unpaired) electrons. The standard InChI is InChI=1S/C20H10O8/c21-3-11-1-13(17(7-25)19(9-27)15(11)5-23)14-2-12(4-22)16(6-24)20(10-28)18(14)8-26/h1-10H. The van der Waals surface area contributed by atoms with Crippen molar-refractivity contribution >= 4 is 50.3 Å². The van der Waals surface area contributed by atoms with Crippen LogP contribution in [0, 0.1) is 0 Å². The molecule has 0 spiro atoms. The first-order chi connectivity index (χ1) is 13.6. The van der Waals surface area contributed by atoms with E-state index in [1.54, 1.807) is 0 Å². The van der Waals surface area contributed by atoms with Crippen LogP contribution < -0.4 is 0 Å². The Kier molecular flexibility index (Phi) is 6.07. The van der Waals surface area contributed by atoms with Gasteiger partial charge in [-0.3, -0.25) is 38.4 Å². The Bertz CT molecular complexity index is 977. The van der Waals surface area contributed by atoms with Crippen molar-refractivity contribution in [2.75, 3.05) is 0 Å². The van der Waals surface area contributed by atoms with E-state index in [9.17, 15) is 38.4 Å². The number of hydrogen-bond donors (Lipinski definition) is 0. The molecule has 0 amide bonds. The molecule has 0 heterocycles. The molecule has 0 aliphatic rings. The first kappa shape index (κ1) is 20.1. The molecule has 0 aliphatic heterocycles. The van der Waals surface area contributed by atoms with Crippen LogP contribution in [0.5, 0.6) is 0 Å². The van der Waals surface area contributed by atoms with E-state index in [4.69, 9.17) is 0 Å². The molecule has 0 N–H and O–H groups in total. The molecule has 0 aliphatic carbocycles. The summed E-state index contributed by atoms with van der Waals surface area (Å²) in [5.41, 5.74) is -2.80. The number of benzene rings is 2. The zero-order valence-corrected chi connectivity index (χ0v) is 14.0. The van der Waals surface area contributed by atoms with E-state index >= 15 is 0 Å². The molecule has 8 heteroatoms. The minimum absolute atomic E-state index is 0.129. The molecule has 2 aromatic carbocycles. The van der Waals surface area contributed by atoms with Crippen molar-refractivity contribution < 1.29 is 38.4 Å². The highest BCUT2D eigenvalue weighted by atomic mass is 16.1. The summed E-state index contributed by atoms with van der Waals surface area (Å²) in [7, 11) is 0. The normalized spacial score (nSPS) is 9.86. The van der Waals surface area contributed by atoms with Crippen molar-refractivity contribution in [3.05, 3.63) is 56.6 Å². The first-order valence-electron chi connectivity index (χ1n) is 7.60. The number of rotatable bonds is 9. The summed E-state index contributed by atoms with van der Waals surface area (Å²) >= 11 is 0. The first-order valence-corrected chi connectivity index (χ1v) is 7.60. The second-order valence-electron chi connectivity index (χ2n) is 5.45. The molecule has 138 valence electrons. The third-order valence-electron chi connectivity index (χ3n) is 4.21. The van der Waals surface area contributed by atoms with E-state index < -0.39 is 0 Å². The summed E-state index contributed by atoms with van der Waals surface area (Å²) in [4.78, 5) is 91.4. The van der Waals surface area contributed by atoms with Gasteiger partial charge in [-0.25, -0.2) is 0 Å². The molecule has 2 rings (SSSR count). The van der Waals surface area contributed by atoms with E-state index in [2.05, 4.69) is 0 Å². The monoisotopic (exact) mass is 378 g/mol. The molecule has 2 aromatic rings. The third-order valence-corrected chi connectivity index (χ3v) is 4.21. The fraction of sp³-hybridized carbons (Fsp3) is 0. The number of carbonyl (C=O) groups is 8. The van der Waals surface area contributed by atoms with Gasteiger partial charge in [0.1, 0.15) is 0 Å². The molecule has 0 aromatic heterocycles. The second-order valence-corrected chi connectivity index (χ2v) is 5.45. The van der Waals surface area contributed by atoms with Gasteiger partial charge in [-0.15, -0.1) is 0 Å². The van der Waals surface area contributed by atoms with E-state index in [-0.39, 0.29) is 106 Å². The maximum absolute atomic E-state index is 11.6. The lowest BCUT2D eigenvalue weighted by Crippen LogP contribution is -2.09. The summed E-state index contributed by atoms with van der Waals surface area (Å²) in [6.45, 7) is 0. The molecule has 28 heavy (non-hydrogen) atoms. The topological polar surface area (TPSA) is 137 Å². The second kappa shape index (κ2) is 8.45. The minimum Gasteiger partial charge on any atom is -0.298 e. The molecule has 0 fully saturated rings. The van der Waals surface area contributed by atoms with Crippen LogP contribution in [0.3, 0.4) is 0 Å². The van der Waals surface area contributed by atoms with E-state index in [1.807, 2.05) is 0 Å². The van der Waals surface area contributed by atoms with Gasteiger partial charge >= 0.3 is 0 Å². The lowest BCUT2D eigenvalue weighted by Gasteiger charge is -2.16. The fourth-order valence-electron chi connectivity index (χ4n) is 2.92. The van der Waals surface area contributed by atoms with Gasteiger partial charge < -0.3 is 0 Å². The van der Waals surface area contributed by atoms with Crippen molar-refractivity contribution in [1.29, 1.82) is 0 Å². The Balaban J connectivity index is 3.15. The predicted molar refractivity (Wildman–Crippen MR) is 95.0 cm³/mol. The van der Waals surface area contributed by atoms with Crippen LogP contribution in [-0.2, 0) is 0 Å². The molecule has 0 atom stereocenters. The molecule has 8 nitrogen and oxygen atoms in total. The summed E-state index contributed by atoms with van der Waals surface area (Å²) in [6, 6.07) is 2.17. The molecule has 0 saturated carbocycles. The van der Waals surface area contributed by atoms with Gasteiger partial charge in [-0.1, -0.05) is 0 Å². The quantitative estimate of drug-likeness (QED) is 0.603. The summed E-state index contributed by atoms with van der Waals surface area (Å²) in [5, 5.41) is 0. The van der Waals surface area contributed by atoms with Gasteiger partial charge in [-0.05, 0) is 23.3 Å². The number of aldehydes is 8. The van der Waals surface area contributed by atoms with E-state index in [1.165, 1.54) is 0 Å².